The smallest absolute Gasteiger partial charge is 0.324 e. The molecule has 8 nitrogen and oxygen atoms in total. The maximum Gasteiger partial charge on any atom is 0.324 e. The first-order valence-electron chi connectivity index (χ1n) is 12.8. The zero-order chi connectivity index (χ0) is 25.7. The number of nitrogens with one attached hydrogen (secondary N) is 1. The first-order valence-corrected chi connectivity index (χ1v) is 12.8. The molecule has 4 rings (SSSR count). The van der Waals surface area contributed by atoms with Crippen molar-refractivity contribution in [2.45, 2.75) is 52.7 Å². The van der Waals surface area contributed by atoms with Crippen LogP contribution in [0.15, 0.2) is 36.4 Å². The Labute approximate surface area is 213 Å². The van der Waals surface area contributed by atoms with E-state index < -0.39 is 0 Å². The van der Waals surface area contributed by atoms with Crippen LogP contribution in [0.1, 0.15) is 44.2 Å². The third-order valence-electron chi connectivity index (χ3n) is 6.90. The molecule has 194 valence electrons. The van der Waals surface area contributed by atoms with Crippen molar-refractivity contribution in [2.75, 3.05) is 38.3 Å². The van der Waals surface area contributed by atoms with Crippen molar-refractivity contribution < 1.29 is 23.8 Å². The van der Waals surface area contributed by atoms with Crippen molar-refractivity contribution >= 4 is 17.6 Å². The zero-order valence-electron chi connectivity index (χ0n) is 21.7. The molecule has 0 aliphatic carbocycles. The highest BCUT2D eigenvalue weighted by molar-refractivity contribution is 5.94. The minimum Gasteiger partial charge on any atom is -0.493 e. The molecule has 1 fully saturated rings. The van der Waals surface area contributed by atoms with Gasteiger partial charge in [-0.1, -0.05) is 19.1 Å². The molecule has 3 amide bonds. The van der Waals surface area contributed by atoms with E-state index in [0.29, 0.717) is 57.1 Å². The monoisotopic (exact) mass is 495 g/mol. The van der Waals surface area contributed by atoms with Gasteiger partial charge in [-0.15, -0.1) is 0 Å². The van der Waals surface area contributed by atoms with Crippen LogP contribution in [0.25, 0.3) is 0 Å². The minimum absolute atomic E-state index is 0.0102. The molecule has 2 aromatic carbocycles. The van der Waals surface area contributed by atoms with Gasteiger partial charge in [-0.25, -0.2) is 4.79 Å². The summed E-state index contributed by atoms with van der Waals surface area (Å²) < 4.78 is 17.0. The third-order valence-corrected chi connectivity index (χ3v) is 6.90. The predicted octanol–water partition coefficient (Wildman–Crippen LogP) is 4.53. The predicted molar refractivity (Wildman–Crippen MR) is 139 cm³/mol. The highest BCUT2D eigenvalue weighted by atomic mass is 16.5. The average molecular weight is 496 g/mol. The first kappa shape index (κ1) is 25.7. The molecule has 0 radical (unpaired) electrons. The fourth-order valence-corrected chi connectivity index (χ4v) is 4.78. The Morgan fingerprint density at radius 2 is 1.86 bits per heavy atom. The number of likely N-dealkylation sites (tertiary alicyclic amines) is 1. The molecule has 36 heavy (non-hydrogen) atoms. The van der Waals surface area contributed by atoms with E-state index in [2.05, 4.69) is 12.2 Å². The number of fused-ring (bicyclic) bond motifs is 1. The summed E-state index contributed by atoms with van der Waals surface area (Å²) in [6.45, 7) is 8.65. The number of urea groups is 1. The van der Waals surface area contributed by atoms with Gasteiger partial charge in [0.15, 0.2) is 11.5 Å². The number of methoxy groups -OCH3 is 1. The van der Waals surface area contributed by atoms with E-state index in [0.717, 1.165) is 29.0 Å². The lowest BCUT2D eigenvalue weighted by Crippen LogP contribution is -2.52. The van der Waals surface area contributed by atoms with E-state index in [9.17, 15) is 9.59 Å². The van der Waals surface area contributed by atoms with E-state index >= 15 is 0 Å². The zero-order valence-corrected chi connectivity index (χ0v) is 21.7. The van der Waals surface area contributed by atoms with Crippen LogP contribution in [-0.4, -0.2) is 56.3 Å². The Bertz CT molecular complexity index is 1080. The largest absolute Gasteiger partial charge is 0.493 e. The van der Waals surface area contributed by atoms with Crippen molar-refractivity contribution in [3.05, 3.63) is 47.5 Å². The standard InChI is InChI=1S/C28H37N3O5/c1-5-22-18-31(23-15-19(3)7-9-24(23)36-22)28(33)30-13-11-21(12-14-30)27(32)29-17-20-8-10-25(35-6-2)26(16-20)34-4/h7-10,15-16,21-22H,5-6,11-14,17-18H2,1-4H3,(H,29,32). The molecular formula is C28H37N3O5. The molecule has 1 unspecified atom stereocenters. The minimum atomic E-state index is -0.110. The van der Waals surface area contributed by atoms with Gasteiger partial charge in [0.25, 0.3) is 0 Å². The maximum absolute atomic E-state index is 13.5. The molecular weight excluding hydrogens is 458 g/mol. The van der Waals surface area contributed by atoms with Crippen LogP contribution in [0.5, 0.6) is 17.2 Å². The van der Waals surface area contributed by atoms with Crippen LogP contribution >= 0.6 is 0 Å². The number of benzene rings is 2. The fourth-order valence-electron chi connectivity index (χ4n) is 4.78. The number of rotatable bonds is 7. The second kappa shape index (κ2) is 11.5. The number of amides is 3. The third kappa shape index (κ3) is 5.69. The lowest BCUT2D eigenvalue weighted by molar-refractivity contribution is -0.126. The van der Waals surface area contributed by atoms with Crippen molar-refractivity contribution in [3.8, 4) is 17.2 Å². The second-order valence-corrected chi connectivity index (χ2v) is 9.41. The number of aryl methyl sites for hydroxylation is 1. The summed E-state index contributed by atoms with van der Waals surface area (Å²) in [7, 11) is 1.61. The molecule has 2 aliphatic heterocycles. The lowest BCUT2D eigenvalue weighted by Gasteiger charge is -2.39. The summed E-state index contributed by atoms with van der Waals surface area (Å²) >= 11 is 0. The van der Waals surface area contributed by atoms with Crippen LogP contribution in [0.4, 0.5) is 10.5 Å². The summed E-state index contributed by atoms with van der Waals surface area (Å²) in [6.07, 6.45) is 2.10. The van der Waals surface area contributed by atoms with Gasteiger partial charge in [-0.2, -0.15) is 0 Å². The molecule has 0 bridgehead atoms. The summed E-state index contributed by atoms with van der Waals surface area (Å²) in [4.78, 5) is 30.1. The van der Waals surface area contributed by atoms with E-state index in [1.54, 1.807) is 7.11 Å². The Hall–Kier alpha value is -3.42. The molecule has 0 aromatic heterocycles. The van der Waals surface area contributed by atoms with E-state index in [1.807, 2.05) is 60.0 Å². The molecule has 2 heterocycles. The van der Waals surface area contributed by atoms with Gasteiger partial charge in [0.2, 0.25) is 5.91 Å². The fraction of sp³-hybridized carbons (Fsp3) is 0.500. The van der Waals surface area contributed by atoms with Gasteiger partial charge in [0.05, 0.1) is 25.9 Å². The van der Waals surface area contributed by atoms with Crippen LogP contribution in [0, 0.1) is 12.8 Å². The quantitative estimate of drug-likeness (QED) is 0.611. The van der Waals surface area contributed by atoms with Gasteiger partial charge < -0.3 is 24.4 Å². The van der Waals surface area contributed by atoms with Crippen molar-refractivity contribution in [3.63, 3.8) is 0 Å². The van der Waals surface area contributed by atoms with Crippen LogP contribution in [-0.2, 0) is 11.3 Å². The Morgan fingerprint density at radius 1 is 1.08 bits per heavy atom. The number of hydrogen-bond donors (Lipinski definition) is 1. The molecule has 1 atom stereocenters. The van der Waals surface area contributed by atoms with E-state index in [-0.39, 0.29) is 24.0 Å². The molecule has 2 aliphatic rings. The highest BCUT2D eigenvalue weighted by Crippen LogP contribution is 2.36. The van der Waals surface area contributed by atoms with Crippen LogP contribution in [0.2, 0.25) is 0 Å². The number of anilines is 1. The molecule has 0 saturated carbocycles. The average Bonchev–Trinajstić information content (AvgIpc) is 2.91. The van der Waals surface area contributed by atoms with E-state index in [1.165, 1.54) is 0 Å². The Morgan fingerprint density at radius 3 is 2.56 bits per heavy atom. The number of ether oxygens (including phenoxy) is 3. The second-order valence-electron chi connectivity index (χ2n) is 9.41. The number of piperidine rings is 1. The van der Waals surface area contributed by atoms with Crippen LogP contribution in [0.3, 0.4) is 0 Å². The summed E-state index contributed by atoms with van der Waals surface area (Å²) in [5.74, 6) is 2.01. The van der Waals surface area contributed by atoms with Gasteiger partial charge in [0, 0.05) is 25.6 Å². The molecule has 8 heteroatoms. The number of hydrogen-bond acceptors (Lipinski definition) is 5. The number of nitrogens with zero attached hydrogens (tertiary/aromatic N) is 2. The molecule has 0 spiro atoms. The highest BCUT2D eigenvalue weighted by Gasteiger charge is 2.34. The van der Waals surface area contributed by atoms with Crippen molar-refractivity contribution in [1.82, 2.24) is 10.2 Å². The van der Waals surface area contributed by atoms with Crippen molar-refractivity contribution in [2.24, 2.45) is 5.92 Å². The maximum atomic E-state index is 13.5. The number of carbonyl (C=O) groups excluding carboxylic acids is 2. The summed E-state index contributed by atoms with van der Waals surface area (Å²) in [5.41, 5.74) is 2.86. The summed E-state index contributed by atoms with van der Waals surface area (Å²) in [5, 5.41) is 3.05. The first-order chi connectivity index (χ1) is 17.4. The van der Waals surface area contributed by atoms with Gasteiger partial charge in [-0.3, -0.25) is 9.69 Å². The van der Waals surface area contributed by atoms with E-state index in [4.69, 9.17) is 14.2 Å². The molecule has 1 N–H and O–H groups in total. The molecule has 2 aromatic rings. The topological polar surface area (TPSA) is 80.3 Å². The number of carbonyl (C=O) groups is 2. The lowest BCUT2D eigenvalue weighted by atomic mass is 9.96. The van der Waals surface area contributed by atoms with Gasteiger partial charge >= 0.3 is 6.03 Å². The summed E-state index contributed by atoms with van der Waals surface area (Å²) in [6, 6.07) is 11.6. The normalized spacial score (nSPS) is 17.7. The van der Waals surface area contributed by atoms with Crippen LogP contribution < -0.4 is 24.4 Å². The van der Waals surface area contributed by atoms with Gasteiger partial charge in [0.1, 0.15) is 11.9 Å². The Balaban J connectivity index is 1.33. The molecule has 1 saturated heterocycles. The SMILES string of the molecule is CCOc1ccc(CNC(=O)C2CCN(C(=O)N3CC(CC)Oc4ccc(C)cc43)CC2)cc1OC. The van der Waals surface area contributed by atoms with Gasteiger partial charge in [-0.05, 0) is 68.5 Å². The Kier molecular flexibility index (Phi) is 8.23. The van der Waals surface area contributed by atoms with Crippen molar-refractivity contribution in [1.29, 1.82) is 0 Å².